The first-order chi connectivity index (χ1) is 12.6. The molecule has 1 aromatic carbocycles. The average molecular weight is 366 g/mol. The van der Waals surface area contributed by atoms with Crippen LogP contribution < -0.4 is 10.6 Å². The van der Waals surface area contributed by atoms with Gasteiger partial charge in [0.05, 0.1) is 23.9 Å². The first-order valence-corrected chi connectivity index (χ1v) is 8.47. The maximum absolute atomic E-state index is 12.0. The summed E-state index contributed by atoms with van der Waals surface area (Å²) in [6, 6.07) is 10.7. The lowest BCUT2D eigenvalue weighted by atomic mass is 10.1. The number of rotatable bonds is 5. The lowest BCUT2D eigenvalue weighted by molar-refractivity contribution is -0.115. The summed E-state index contributed by atoms with van der Waals surface area (Å²) in [5.74, 6) is -0.763. The number of carbonyl (C=O) groups excluding carboxylic acids is 2. The van der Waals surface area contributed by atoms with Crippen LogP contribution in [-0.4, -0.2) is 33.1 Å². The summed E-state index contributed by atoms with van der Waals surface area (Å²) in [6.07, 6.45) is 1.51. The number of benzene rings is 1. The number of nitrogens with one attached hydrogen (secondary N) is 2. The highest BCUT2D eigenvalue weighted by atomic mass is 32.1. The van der Waals surface area contributed by atoms with Gasteiger partial charge in [0, 0.05) is 24.2 Å². The number of hydrogen-bond acceptors (Lipinski definition) is 6. The molecule has 9 heteroatoms. The lowest BCUT2D eigenvalue weighted by Gasteiger charge is -2.05. The molecule has 3 rings (SSSR count). The summed E-state index contributed by atoms with van der Waals surface area (Å²) in [5, 5.41) is 20.2. The Morgan fingerprint density at radius 1 is 1.35 bits per heavy atom. The van der Waals surface area contributed by atoms with Gasteiger partial charge in [-0.3, -0.25) is 14.3 Å². The molecule has 3 aromatic rings. The Balaban J connectivity index is 1.58. The van der Waals surface area contributed by atoms with Crippen molar-refractivity contribution in [1.82, 2.24) is 20.1 Å². The van der Waals surface area contributed by atoms with Gasteiger partial charge in [-0.05, 0) is 18.2 Å². The van der Waals surface area contributed by atoms with Crippen LogP contribution in [-0.2, 0) is 11.8 Å². The van der Waals surface area contributed by atoms with E-state index in [9.17, 15) is 9.59 Å². The Labute approximate surface area is 153 Å². The Kier molecular flexibility index (Phi) is 5.05. The van der Waals surface area contributed by atoms with Crippen molar-refractivity contribution in [3.63, 3.8) is 0 Å². The summed E-state index contributed by atoms with van der Waals surface area (Å²) in [6.45, 7) is -0.178. The number of carbonyl (C=O) groups is 2. The molecule has 0 fully saturated rings. The van der Waals surface area contributed by atoms with Gasteiger partial charge < -0.3 is 10.6 Å². The van der Waals surface area contributed by atoms with E-state index in [2.05, 4.69) is 26.8 Å². The van der Waals surface area contributed by atoms with Gasteiger partial charge in [-0.25, -0.2) is 4.98 Å². The van der Waals surface area contributed by atoms with Crippen molar-refractivity contribution in [1.29, 1.82) is 5.26 Å². The summed E-state index contributed by atoms with van der Waals surface area (Å²) in [5.41, 5.74) is 2.37. The molecule has 2 N–H and O–H groups in total. The van der Waals surface area contributed by atoms with Gasteiger partial charge in [-0.2, -0.15) is 10.4 Å². The predicted molar refractivity (Wildman–Crippen MR) is 96.4 cm³/mol. The number of aryl methyl sites for hydroxylation is 1. The fourth-order valence-corrected chi connectivity index (χ4v) is 2.96. The van der Waals surface area contributed by atoms with Gasteiger partial charge in [0.25, 0.3) is 5.91 Å². The molecule has 130 valence electrons. The average Bonchev–Trinajstić information content (AvgIpc) is 3.29. The maximum Gasteiger partial charge on any atom is 0.269 e. The number of thiazole rings is 1. The Hall–Kier alpha value is -3.51. The van der Waals surface area contributed by atoms with Gasteiger partial charge in [0.15, 0.2) is 5.13 Å². The van der Waals surface area contributed by atoms with E-state index in [0.717, 1.165) is 5.56 Å². The minimum Gasteiger partial charge on any atom is -0.342 e. The second kappa shape index (κ2) is 7.58. The van der Waals surface area contributed by atoms with E-state index >= 15 is 0 Å². The van der Waals surface area contributed by atoms with E-state index in [1.807, 2.05) is 6.07 Å². The topological polar surface area (TPSA) is 113 Å². The Morgan fingerprint density at radius 2 is 2.19 bits per heavy atom. The fourth-order valence-electron chi connectivity index (χ4n) is 2.22. The molecule has 0 aliphatic carbocycles. The fraction of sp³-hybridized carbons (Fsp3) is 0.118. The van der Waals surface area contributed by atoms with Crippen LogP contribution in [0.2, 0.25) is 0 Å². The van der Waals surface area contributed by atoms with Crippen LogP contribution >= 0.6 is 11.3 Å². The maximum atomic E-state index is 12.0. The molecule has 0 atom stereocenters. The van der Waals surface area contributed by atoms with Crippen molar-refractivity contribution in [3.05, 3.63) is 53.2 Å². The van der Waals surface area contributed by atoms with Crippen LogP contribution in [0.1, 0.15) is 16.1 Å². The largest absolute Gasteiger partial charge is 0.342 e. The third-order valence-corrected chi connectivity index (χ3v) is 4.26. The van der Waals surface area contributed by atoms with Crippen molar-refractivity contribution >= 4 is 28.3 Å². The zero-order valence-electron chi connectivity index (χ0n) is 13.8. The minimum absolute atomic E-state index is 0.178. The van der Waals surface area contributed by atoms with Gasteiger partial charge in [0.1, 0.15) is 5.69 Å². The van der Waals surface area contributed by atoms with Crippen molar-refractivity contribution in [2.75, 3.05) is 11.9 Å². The zero-order valence-corrected chi connectivity index (χ0v) is 14.6. The molecule has 0 spiro atoms. The van der Waals surface area contributed by atoms with E-state index in [1.165, 1.54) is 22.2 Å². The van der Waals surface area contributed by atoms with Crippen molar-refractivity contribution in [2.24, 2.45) is 7.05 Å². The van der Waals surface area contributed by atoms with Crippen LogP contribution in [0.15, 0.2) is 41.9 Å². The molecule has 8 nitrogen and oxygen atoms in total. The van der Waals surface area contributed by atoms with Gasteiger partial charge in [0.2, 0.25) is 5.91 Å². The van der Waals surface area contributed by atoms with E-state index in [4.69, 9.17) is 5.26 Å². The molecule has 0 bridgehead atoms. The molecule has 0 unspecified atom stereocenters. The van der Waals surface area contributed by atoms with E-state index < -0.39 is 0 Å². The summed E-state index contributed by atoms with van der Waals surface area (Å²) in [7, 11) is 1.65. The van der Waals surface area contributed by atoms with Crippen LogP contribution in [0.5, 0.6) is 0 Å². The minimum atomic E-state index is -0.382. The third kappa shape index (κ3) is 3.93. The third-order valence-electron chi connectivity index (χ3n) is 3.50. The van der Waals surface area contributed by atoms with Gasteiger partial charge in [-0.1, -0.05) is 12.1 Å². The van der Waals surface area contributed by atoms with Crippen molar-refractivity contribution in [2.45, 2.75) is 0 Å². The zero-order chi connectivity index (χ0) is 18.5. The monoisotopic (exact) mass is 366 g/mol. The highest BCUT2D eigenvalue weighted by molar-refractivity contribution is 7.14. The number of anilines is 1. The number of hydrogen-bond donors (Lipinski definition) is 2. The Bertz CT molecular complexity index is 1000. The first kappa shape index (κ1) is 17.3. The molecule has 0 saturated carbocycles. The molecule has 2 aromatic heterocycles. The van der Waals surface area contributed by atoms with Crippen LogP contribution in [0.3, 0.4) is 0 Å². The number of nitrogens with zero attached hydrogens (tertiary/aromatic N) is 4. The standard InChI is InChI=1S/C17H14N6O2S/c1-23-14(5-6-20-23)16(25)19-9-15(24)22-17-21-13(10-26-17)12-4-2-3-11(7-12)8-18/h2-7,10H,9H2,1H3,(H,19,25)(H,21,22,24). The molecular formula is C17H14N6O2S. The van der Waals surface area contributed by atoms with E-state index in [1.54, 1.807) is 36.7 Å². The first-order valence-electron chi connectivity index (χ1n) is 7.59. The van der Waals surface area contributed by atoms with Crippen LogP contribution in [0.4, 0.5) is 5.13 Å². The number of aromatic nitrogens is 3. The highest BCUT2D eigenvalue weighted by Gasteiger charge is 2.13. The second-order valence-electron chi connectivity index (χ2n) is 5.30. The number of amides is 2. The van der Waals surface area contributed by atoms with Crippen LogP contribution in [0.25, 0.3) is 11.3 Å². The summed E-state index contributed by atoms with van der Waals surface area (Å²) >= 11 is 1.27. The van der Waals surface area contributed by atoms with E-state index in [-0.39, 0.29) is 18.4 Å². The summed E-state index contributed by atoms with van der Waals surface area (Å²) in [4.78, 5) is 28.3. The van der Waals surface area contributed by atoms with Crippen molar-refractivity contribution in [3.8, 4) is 17.3 Å². The van der Waals surface area contributed by atoms with Crippen LogP contribution in [0, 0.1) is 11.3 Å². The normalized spacial score (nSPS) is 10.2. The quantitative estimate of drug-likeness (QED) is 0.715. The molecule has 0 aliphatic rings. The molecule has 0 radical (unpaired) electrons. The Morgan fingerprint density at radius 3 is 2.92 bits per heavy atom. The van der Waals surface area contributed by atoms with Gasteiger partial charge >= 0.3 is 0 Å². The number of nitriles is 1. The predicted octanol–water partition coefficient (Wildman–Crippen LogP) is 1.78. The molecule has 0 aliphatic heterocycles. The lowest BCUT2D eigenvalue weighted by Crippen LogP contribution is -2.33. The van der Waals surface area contributed by atoms with Gasteiger partial charge in [-0.15, -0.1) is 11.3 Å². The highest BCUT2D eigenvalue weighted by Crippen LogP contribution is 2.25. The second-order valence-corrected chi connectivity index (χ2v) is 6.16. The molecule has 2 heterocycles. The molecule has 2 amide bonds. The smallest absolute Gasteiger partial charge is 0.269 e. The van der Waals surface area contributed by atoms with Crippen molar-refractivity contribution < 1.29 is 9.59 Å². The molecule has 26 heavy (non-hydrogen) atoms. The molecule has 0 saturated heterocycles. The van der Waals surface area contributed by atoms with E-state index in [0.29, 0.717) is 22.1 Å². The SMILES string of the molecule is Cn1nccc1C(=O)NCC(=O)Nc1nc(-c2cccc(C#N)c2)cs1. The molecular weight excluding hydrogens is 352 g/mol. The summed E-state index contributed by atoms with van der Waals surface area (Å²) < 4.78 is 1.43.